The van der Waals surface area contributed by atoms with Crippen LogP contribution in [0.3, 0.4) is 0 Å². The molecule has 0 N–H and O–H groups in total. The molecule has 4 heteroatoms. The van der Waals surface area contributed by atoms with Crippen molar-refractivity contribution < 1.29 is 9.59 Å². The highest BCUT2D eigenvalue weighted by Gasteiger charge is 2.37. The molecule has 1 fully saturated rings. The summed E-state index contributed by atoms with van der Waals surface area (Å²) in [6.45, 7) is 1.61. The molecule has 1 aromatic heterocycles. The van der Waals surface area contributed by atoms with Crippen LogP contribution in [0.15, 0.2) is 60.8 Å². The molecule has 3 aromatic rings. The summed E-state index contributed by atoms with van der Waals surface area (Å²) in [6.07, 6.45) is 6.66. The Kier molecular flexibility index (Phi) is 4.27. The van der Waals surface area contributed by atoms with Crippen LogP contribution in [0.1, 0.15) is 46.4 Å². The lowest BCUT2D eigenvalue weighted by molar-refractivity contribution is 0.0608. The van der Waals surface area contributed by atoms with Gasteiger partial charge in [0.15, 0.2) is 0 Å². The normalized spacial score (nSPS) is 22.1. The van der Waals surface area contributed by atoms with Crippen molar-refractivity contribution >= 4 is 22.7 Å². The first kappa shape index (κ1) is 17.2. The Labute approximate surface area is 164 Å². The predicted octanol–water partition coefficient (Wildman–Crippen LogP) is 4.74. The van der Waals surface area contributed by atoms with Crippen molar-refractivity contribution in [3.8, 4) is 0 Å². The van der Waals surface area contributed by atoms with Gasteiger partial charge in [0.05, 0.1) is 11.1 Å². The van der Waals surface area contributed by atoms with Gasteiger partial charge < -0.3 is 4.57 Å². The molecule has 5 rings (SSSR count). The number of benzene rings is 2. The Balaban J connectivity index is 1.20. The van der Waals surface area contributed by atoms with Gasteiger partial charge in [-0.15, -0.1) is 0 Å². The van der Waals surface area contributed by atoms with Crippen LogP contribution < -0.4 is 0 Å². The smallest absolute Gasteiger partial charge is 0.261 e. The number of carbonyl (C=O) groups excluding carboxylic acids is 2. The van der Waals surface area contributed by atoms with Crippen molar-refractivity contribution in [1.82, 2.24) is 9.47 Å². The number of imide groups is 1. The van der Waals surface area contributed by atoms with Gasteiger partial charge in [-0.3, -0.25) is 14.5 Å². The molecule has 1 aliphatic carbocycles. The molecule has 2 aliphatic rings. The van der Waals surface area contributed by atoms with E-state index in [-0.39, 0.29) is 11.8 Å². The average molecular weight is 372 g/mol. The fourth-order valence-corrected chi connectivity index (χ4v) is 4.84. The molecule has 0 radical (unpaired) electrons. The van der Waals surface area contributed by atoms with Crippen molar-refractivity contribution in [2.45, 2.75) is 32.2 Å². The third-order valence-electron chi connectivity index (χ3n) is 6.42. The van der Waals surface area contributed by atoms with E-state index in [2.05, 4.69) is 41.1 Å². The summed E-state index contributed by atoms with van der Waals surface area (Å²) in [4.78, 5) is 26.6. The second-order valence-corrected chi connectivity index (χ2v) is 8.18. The lowest BCUT2D eigenvalue weighted by Crippen LogP contribution is -2.36. The molecule has 2 aromatic carbocycles. The molecule has 0 saturated heterocycles. The first-order chi connectivity index (χ1) is 13.7. The number of amides is 2. The van der Waals surface area contributed by atoms with E-state index in [1.54, 1.807) is 12.1 Å². The lowest BCUT2D eigenvalue weighted by Gasteiger charge is -2.31. The van der Waals surface area contributed by atoms with Gasteiger partial charge in [0.2, 0.25) is 0 Å². The molecule has 1 saturated carbocycles. The first-order valence-corrected chi connectivity index (χ1v) is 10.2. The topological polar surface area (TPSA) is 42.3 Å². The standard InChI is InChI=1S/C24H24N2O2/c27-23-20-6-2-3-7-21(20)24(28)26(23)16-18-11-9-17(10-12-18)15-25-14-13-19-5-1-4-8-22(19)25/h1-8,13-14,17-18H,9-12,15-16H2. The van der Waals surface area contributed by atoms with E-state index in [9.17, 15) is 9.59 Å². The largest absolute Gasteiger partial charge is 0.347 e. The van der Waals surface area contributed by atoms with Crippen molar-refractivity contribution in [2.24, 2.45) is 11.8 Å². The molecule has 0 atom stereocenters. The van der Waals surface area contributed by atoms with Crippen LogP contribution in [0.5, 0.6) is 0 Å². The van der Waals surface area contributed by atoms with Crippen LogP contribution in [0.2, 0.25) is 0 Å². The predicted molar refractivity (Wildman–Crippen MR) is 109 cm³/mol. The molecule has 4 nitrogen and oxygen atoms in total. The zero-order valence-electron chi connectivity index (χ0n) is 15.9. The van der Waals surface area contributed by atoms with Gasteiger partial charge in [-0.05, 0) is 67.2 Å². The van der Waals surface area contributed by atoms with E-state index < -0.39 is 0 Å². The zero-order valence-corrected chi connectivity index (χ0v) is 15.9. The minimum atomic E-state index is -0.124. The summed E-state index contributed by atoms with van der Waals surface area (Å²) in [5.74, 6) is 0.831. The number of fused-ring (bicyclic) bond motifs is 2. The fraction of sp³-hybridized carbons (Fsp3) is 0.333. The second kappa shape index (κ2) is 6.93. The maximum Gasteiger partial charge on any atom is 0.261 e. The molecule has 0 unspecified atom stereocenters. The summed E-state index contributed by atoms with van der Waals surface area (Å²) < 4.78 is 2.37. The van der Waals surface area contributed by atoms with Gasteiger partial charge in [-0.2, -0.15) is 0 Å². The molecule has 2 heterocycles. The second-order valence-electron chi connectivity index (χ2n) is 8.18. The van der Waals surface area contributed by atoms with Crippen LogP contribution in [-0.2, 0) is 6.54 Å². The third kappa shape index (κ3) is 2.93. The highest BCUT2D eigenvalue weighted by molar-refractivity contribution is 6.21. The Morgan fingerprint density at radius 1 is 0.714 bits per heavy atom. The molecule has 1 aliphatic heterocycles. The Bertz CT molecular complexity index is 1010. The fourth-order valence-electron chi connectivity index (χ4n) is 4.84. The van der Waals surface area contributed by atoms with Gasteiger partial charge >= 0.3 is 0 Å². The SMILES string of the molecule is O=C1c2ccccc2C(=O)N1CC1CCC(Cn2ccc3ccccc32)CC1. The highest BCUT2D eigenvalue weighted by atomic mass is 16.2. The van der Waals surface area contributed by atoms with Gasteiger partial charge in [-0.1, -0.05) is 30.3 Å². The Morgan fingerprint density at radius 2 is 1.29 bits per heavy atom. The summed E-state index contributed by atoms with van der Waals surface area (Å²) >= 11 is 0. The maximum atomic E-state index is 12.6. The number of hydrogen-bond donors (Lipinski definition) is 0. The van der Waals surface area contributed by atoms with Gasteiger partial charge in [-0.25, -0.2) is 0 Å². The Morgan fingerprint density at radius 3 is 1.96 bits per heavy atom. The number of carbonyl (C=O) groups is 2. The summed E-state index contributed by atoms with van der Waals surface area (Å²) in [5.41, 5.74) is 2.41. The van der Waals surface area contributed by atoms with E-state index in [1.165, 1.54) is 15.8 Å². The van der Waals surface area contributed by atoms with Crippen LogP contribution in [0.25, 0.3) is 10.9 Å². The minimum absolute atomic E-state index is 0.124. The number of nitrogens with zero attached hydrogens (tertiary/aromatic N) is 2. The van der Waals surface area contributed by atoms with Gasteiger partial charge in [0.1, 0.15) is 0 Å². The van der Waals surface area contributed by atoms with Crippen molar-refractivity contribution in [3.63, 3.8) is 0 Å². The van der Waals surface area contributed by atoms with E-state index in [0.29, 0.717) is 29.5 Å². The van der Waals surface area contributed by atoms with Crippen molar-refractivity contribution in [1.29, 1.82) is 0 Å². The van der Waals surface area contributed by atoms with Crippen LogP contribution >= 0.6 is 0 Å². The number of hydrogen-bond acceptors (Lipinski definition) is 2. The summed E-state index contributed by atoms with van der Waals surface area (Å²) in [5, 5.41) is 1.29. The van der Waals surface area contributed by atoms with Gasteiger partial charge in [0, 0.05) is 24.8 Å². The van der Waals surface area contributed by atoms with Crippen molar-refractivity contribution in [2.75, 3.05) is 6.54 Å². The third-order valence-corrected chi connectivity index (χ3v) is 6.42. The molecular weight excluding hydrogens is 348 g/mol. The quantitative estimate of drug-likeness (QED) is 0.621. The maximum absolute atomic E-state index is 12.6. The minimum Gasteiger partial charge on any atom is -0.347 e. The number of para-hydroxylation sites is 1. The molecule has 0 spiro atoms. The summed E-state index contributed by atoms with van der Waals surface area (Å²) in [7, 11) is 0. The average Bonchev–Trinajstić information content (AvgIpc) is 3.24. The van der Waals surface area contributed by atoms with Crippen LogP contribution in [0, 0.1) is 11.8 Å². The summed E-state index contributed by atoms with van der Waals surface area (Å²) in [6, 6.07) is 17.9. The molecular formula is C24H24N2O2. The monoisotopic (exact) mass is 372 g/mol. The number of aromatic nitrogens is 1. The zero-order chi connectivity index (χ0) is 19.1. The Hall–Kier alpha value is -2.88. The van der Waals surface area contributed by atoms with E-state index in [4.69, 9.17) is 0 Å². The highest BCUT2D eigenvalue weighted by Crippen LogP contribution is 2.33. The molecule has 28 heavy (non-hydrogen) atoms. The van der Waals surface area contributed by atoms with E-state index in [1.807, 2.05) is 12.1 Å². The molecule has 142 valence electrons. The van der Waals surface area contributed by atoms with E-state index in [0.717, 1.165) is 32.2 Å². The number of rotatable bonds is 4. The van der Waals surface area contributed by atoms with Gasteiger partial charge in [0.25, 0.3) is 11.8 Å². The van der Waals surface area contributed by atoms with E-state index >= 15 is 0 Å². The van der Waals surface area contributed by atoms with Crippen LogP contribution in [-0.4, -0.2) is 27.8 Å². The first-order valence-electron chi connectivity index (χ1n) is 10.2. The molecule has 0 bridgehead atoms. The lowest BCUT2D eigenvalue weighted by atomic mass is 9.81. The van der Waals surface area contributed by atoms with Crippen molar-refractivity contribution in [3.05, 3.63) is 71.9 Å². The molecule has 2 amide bonds. The van der Waals surface area contributed by atoms with Crippen LogP contribution in [0.4, 0.5) is 0 Å².